The summed E-state index contributed by atoms with van der Waals surface area (Å²) in [4.78, 5) is 22.8. The Morgan fingerprint density at radius 2 is 2.43 bits per heavy atom. The molecule has 1 aromatic heterocycles. The first kappa shape index (κ1) is 9.21. The molecule has 74 valence electrons. The standard InChI is InChI=1S/C9H8O4S/c1-2-12-9(11)8-7(10)5-3-14-4-6(5)13-8/h3-4,8H,2H2,1H3. The number of hydrogen-bond acceptors (Lipinski definition) is 5. The van der Waals surface area contributed by atoms with Crippen molar-refractivity contribution in [3.8, 4) is 5.75 Å². The van der Waals surface area contributed by atoms with E-state index in [1.54, 1.807) is 17.7 Å². The van der Waals surface area contributed by atoms with Crippen LogP contribution in [0.25, 0.3) is 0 Å². The second-order valence-corrected chi connectivity index (χ2v) is 3.51. The maximum atomic E-state index is 11.6. The lowest BCUT2D eigenvalue weighted by molar-refractivity contribution is -0.148. The van der Waals surface area contributed by atoms with Crippen molar-refractivity contribution in [2.75, 3.05) is 6.61 Å². The number of fused-ring (bicyclic) bond motifs is 1. The molecule has 2 heterocycles. The predicted molar refractivity (Wildman–Crippen MR) is 49.7 cm³/mol. The van der Waals surface area contributed by atoms with E-state index < -0.39 is 12.1 Å². The van der Waals surface area contributed by atoms with E-state index in [1.807, 2.05) is 0 Å². The van der Waals surface area contributed by atoms with Crippen molar-refractivity contribution in [3.63, 3.8) is 0 Å². The van der Waals surface area contributed by atoms with Crippen LogP contribution in [0, 0.1) is 0 Å². The summed E-state index contributed by atoms with van der Waals surface area (Å²) in [6.07, 6.45) is -1.09. The number of carbonyl (C=O) groups is 2. The zero-order valence-electron chi connectivity index (χ0n) is 7.48. The number of ketones is 1. The van der Waals surface area contributed by atoms with E-state index in [9.17, 15) is 9.59 Å². The fourth-order valence-electron chi connectivity index (χ4n) is 1.25. The highest BCUT2D eigenvalue weighted by Gasteiger charge is 2.39. The predicted octanol–water partition coefficient (Wildman–Crippen LogP) is 1.25. The van der Waals surface area contributed by atoms with Crippen LogP contribution >= 0.6 is 11.3 Å². The summed E-state index contributed by atoms with van der Waals surface area (Å²) in [6.45, 7) is 1.94. The van der Waals surface area contributed by atoms with Gasteiger partial charge in [0.15, 0.2) is 0 Å². The van der Waals surface area contributed by atoms with Crippen LogP contribution in [0.2, 0.25) is 0 Å². The first-order valence-corrected chi connectivity index (χ1v) is 5.12. The zero-order valence-corrected chi connectivity index (χ0v) is 8.30. The molecule has 0 amide bonds. The lowest BCUT2D eigenvalue weighted by atomic mass is 10.1. The molecular formula is C9H8O4S. The van der Waals surface area contributed by atoms with Gasteiger partial charge in [-0.3, -0.25) is 4.79 Å². The smallest absolute Gasteiger partial charge is 0.355 e. The maximum absolute atomic E-state index is 11.6. The van der Waals surface area contributed by atoms with Gasteiger partial charge in [-0.05, 0) is 6.92 Å². The molecule has 1 aromatic rings. The molecule has 1 atom stereocenters. The minimum absolute atomic E-state index is 0.249. The summed E-state index contributed by atoms with van der Waals surface area (Å²) in [7, 11) is 0. The van der Waals surface area contributed by atoms with Crippen LogP contribution < -0.4 is 4.74 Å². The van der Waals surface area contributed by atoms with Crippen molar-refractivity contribution in [1.82, 2.24) is 0 Å². The molecule has 2 rings (SSSR count). The molecule has 0 fully saturated rings. The Kier molecular flexibility index (Phi) is 2.25. The Labute approximate surface area is 84.4 Å². The molecule has 0 radical (unpaired) electrons. The van der Waals surface area contributed by atoms with Gasteiger partial charge >= 0.3 is 5.97 Å². The van der Waals surface area contributed by atoms with Crippen LogP contribution in [-0.4, -0.2) is 24.5 Å². The fraction of sp³-hybridized carbons (Fsp3) is 0.333. The molecule has 1 unspecified atom stereocenters. The summed E-state index contributed by atoms with van der Waals surface area (Å²) in [6, 6.07) is 0. The van der Waals surface area contributed by atoms with Crippen LogP contribution in [0.3, 0.4) is 0 Å². The van der Waals surface area contributed by atoms with E-state index in [0.717, 1.165) is 0 Å². The number of esters is 1. The lowest BCUT2D eigenvalue weighted by Gasteiger charge is -2.07. The summed E-state index contributed by atoms with van der Waals surface area (Å²) in [5, 5.41) is 3.38. The van der Waals surface area contributed by atoms with E-state index in [4.69, 9.17) is 9.47 Å². The Balaban J connectivity index is 2.18. The third kappa shape index (κ3) is 1.29. The van der Waals surface area contributed by atoms with Gasteiger partial charge in [0, 0.05) is 10.8 Å². The quantitative estimate of drug-likeness (QED) is 0.547. The fourth-order valence-corrected chi connectivity index (χ4v) is 1.99. The van der Waals surface area contributed by atoms with Crippen molar-refractivity contribution < 1.29 is 19.1 Å². The van der Waals surface area contributed by atoms with Gasteiger partial charge in [-0.25, -0.2) is 4.79 Å². The van der Waals surface area contributed by atoms with Gasteiger partial charge in [0.1, 0.15) is 5.75 Å². The van der Waals surface area contributed by atoms with Gasteiger partial charge in [-0.15, -0.1) is 11.3 Å². The average molecular weight is 212 g/mol. The number of rotatable bonds is 2. The SMILES string of the molecule is CCOC(=O)C1Oc2cscc2C1=O. The van der Waals surface area contributed by atoms with Crippen LogP contribution in [-0.2, 0) is 9.53 Å². The van der Waals surface area contributed by atoms with Gasteiger partial charge in [-0.2, -0.15) is 0 Å². The zero-order chi connectivity index (χ0) is 10.1. The van der Waals surface area contributed by atoms with Gasteiger partial charge in [0.2, 0.25) is 5.78 Å². The summed E-state index contributed by atoms with van der Waals surface area (Å²) in [5.41, 5.74) is 0.480. The first-order valence-electron chi connectivity index (χ1n) is 4.17. The van der Waals surface area contributed by atoms with Crippen LogP contribution in [0.15, 0.2) is 10.8 Å². The van der Waals surface area contributed by atoms with Gasteiger partial charge in [0.25, 0.3) is 6.10 Å². The van der Waals surface area contributed by atoms with Crippen molar-refractivity contribution in [3.05, 3.63) is 16.3 Å². The summed E-state index contributed by atoms with van der Waals surface area (Å²) in [5.74, 6) is -0.434. The van der Waals surface area contributed by atoms with E-state index in [-0.39, 0.29) is 12.4 Å². The van der Waals surface area contributed by atoms with E-state index in [2.05, 4.69) is 0 Å². The highest BCUT2D eigenvalue weighted by molar-refractivity contribution is 7.08. The van der Waals surface area contributed by atoms with Crippen molar-refractivity contribution in [2.24, 2.45) is 0 Å². The molecular weight excluding hydrogens is 204 g/mol. The Hall–Kier alpha value is -1.36. The van der Waals surface area contributed by atoms with E-state index >= 15 is 0 Å². The Bertz CT molecular complexity index is 382. The minimum Gasteiger partial charge on any atom is -0.469 e. The molecule has 0 saturated heterocycles. The highest BCUT2D eigenvalue weighted by Crippen LogP contribution is 2.32. The first-order chi connectivity index (χ1) is 6.74. The van der Waals surface area contributed by atoms with Crippen molar-refractivity contribution in [1.29, 1.82) is 0 Å². The normalized spacial score (nSPS) is 18.9. The Morgan fingerprint density at radius 3 is 3.07 bits per heavy atom. The summed E-state index contributed by atoms with van der Waals surface area (Å²) >= 11 is 1.37. The van der Waals surface area contributed by atoms with Crippen molar-refractivity contribution in [2.45, 2.75) is 13.0 Å². The molecule has 1 aliphatic rings. The number of ether oxygens (including phenoxy) is 2. The van der Waals surface area contributed by atoms with Crippen molar-refractivity contribution >= 4 is 23.1 Å². The molecule has 1 aliphatic heterocycles. The molecule has 5 heteroatoms. The summed E-state index contributed by atoms with van der Waals surface area (Å²) < 4.78 is 9.88. The molecule has 14 heavy (non-hydrogen) atoms. The van der Waals surface area contributed by atoms with Gasteiger partial charge in [-0.1, -0.05) is 0 Å². The van der Waals surface area contributed by atoms with Gasteiger partial charge < -0.3 is 9.47 Å². The second-order valence-electron chi connectivity index (χ2n) is 2.76. The highest BCUT2D eigenvalue weighted by atomic mass is 32.1. The third-order valence-electron chi connectivity index (χ3n) is 1.88. The molecule has 0 N–H and O–H groups in total. The van der Waals surface area contributed by atoms with Crippen LogP contribution in [0.1, 0.15) is 17.3 Å². The monoisotopic (exact) mass is 212 g/mol. The Morgan fingerprint density at radius 1 is 1.64 bits per heavy atom. The topological polar surface area (TPSA) is 52.6 Å². The largest absolute Gasteiger partial charge is 0.469 e. The number of hydrogen-bond donors (Lipinski definition) is 0. The second kappa shape index (κ2) is 3.42. The van der Waals surface area contributed by atoms with Crippen LogP contribution in [0.4, 0.5) is 0 Å². The average Bonchev–Trinajstić information content (AvgIpc) is 2.69. The lowest BCUT2D eigenvalue weighted by Crippen LogP contribution is -2.32. The molecule has 4 nitrogen and oxygen atoms in total. The third-order valence-corrected chi connectivity index (χ3v) is 2.60. The number of Topliss-reactive ketones (excluding diaryl/α,β-unsaturated/α-hetero) is 1. The minimum atomic E-state index is -1.09. The van der Waals surface area contributed by atoms with Crippen LogP contribution in [0.5, 0.6) is 5.75 Å². The molecule has 0 bridgehead atoms. The molecule has 0 aliphatic carbocycles. The van der Waals surface area contributed by atoms with Gasteiger partial charge in [0.05, 0.1) is 12.2 Å². The maximum Gasteiger partial charge on any atom is 0.355 e. The number of carbonyl (C=O) groups excluding carboxylic acids is 2. The molecule has 0 saturated carbocycles. The number of thiophene rings is 1. The van der Waals surface area contributed by atoms with E-state index in [1.165, 1.54) is 11.3 Å². The van der Waals surface area contributed by atoms with E-state index in [0.29, 0.717) is 11.3 Å². The molecule has 0 aromatic carbocycles. The molecule has 0 spiro atoms.